The molecule has 7 heteroatoms. The van der Waals surface area contributed by atoms with Crippen LogP contribution in [0.3, 0.4) is 0 Å². The number of carbonyl (C=O) groups excluding carboxylic acids is 1. The van der Waals surface area contributed by atoms with E-state index in [1.54, 1.807) is 42.1 Å². The zero-order valence-electron chi connectivity index (χ0n) is 13.4. The van der Waals surface area contributed by atoms with Crippen LogP contribution in [0.15, 0.2) is 47.2 Å². The van der Waals surface area contributed by atoms with Crippen LogP contribution >= 0.6 is 0 Å². The average molecular weight is 328 g/mol. The van der Waals surface area contributed by atoms with Gasteiger partial charge in [-0.05, 0) is 24.6 Å². The van der Waals surface area contributed by atoms with Gasteiger partial charge >= 0.3 is 0 Å². The lowest BCUT2D eigenvalue weighted by atomic mass is 10.1. The van der Waals surface area contributed by atoms with Crippen LogP contribution in [0.25, 0.3) is 0 Å². The van der Waals surface area contributed by atoms with Crippen molar-refractivity contribution in [2.24, 2.45) is 7.05 Å². The van der Waals surface area contributed by atoms with Gasteiger partial charge in [0.05, 0.1) is 12.1 Å². The number of halogens is 1. The van der Waals surface area contributed by atoms with E-state index in [0.717, 1.165) is 0 Å². The molecule has 0 aliphatic heterocycles. The number of aromatic nitrogens is 3. The van der Waals surface area contributed by atoms with E-state index in [9.17, 15) is 9.18 Å². The van der Waals surface area contributed by atoms with Crippen molar-refractivity contribution in [3.8, 4) is 0 Å². The summed E-state index contributed by atoms with van der Waals surface area (Å²) >= 11 is 0. The molecule has 124 valence electrons. The molecule has 2 aromatic heterocycles. The molecule has 0 fully saturated rings. The fourth-order valence-electron chi connectivity index (χ4n) is 2.52. The smallest absolute Gasteiger partial charge is 0.227 e. The number of carbonyl (C=O) groups is 1. The third-order valence-corrected chi connectivity index (χ3v) is 3.62. The molecule has 6 nitrogen and oxygen atoms in total. The van der Waals surface area contributed by atoms with Gasteiger partial charge in [-0.15, -0.1) is 0 Å². The molecule has 0 aliphatic rings. The molecule has 1 N–H and O–H groups in total. The lowest BCUT2D eigenvalue weighted by Gasteiger charge is -2.19. The Labute approximate surface area is 138 Å². The minimum atomic E-state index is -0.554. The van der Waals surface area contributed by atoms with E-state index < -0.39 is 6.04 Å². The fourth-order valence-corrected chi connectivity index (χ4v) is 2.52. The first-order chi connectivity index (χ1) is 11.5. The summed E-state index contributed by atoms with van der Waals surface area (Å²) in [5, 5.41) is 6.70. The lowest BCUT2D eigenvalue weighted by molar-refractivity contribution is -0.121. The van der Waals surface area contributed by atoms with Crippen LogP contribution in [-0.4, -0.2) is 20.6 Å². The molecule has 24 heavy (non-hydrogen) atoms. The molecule has 0 saturated carbocycles. The second-order valence-corrected chi connectivity index (χ2v) is 5.56. The zero-order chi connectivity index (χ0) is 17.1. The summed E-state index contributed by atoms with van der Waals surface area (Å²) in [6.07, 6.45) is 3.48. The molecule has 1 atom stereocenters. The zero-order valence-corrected chi connectivity index (χ0v) is 13.4. The summed E-state index contributed by atoms with van der Waals surface area (Å²) in [6, 6.07) is 7.26. The Balaban J connectivity index is 1.85. The van der Waals surface area contributed by atoms with Gasteiger partial charge < -0.3 is 14.4 Å². The van der Waals surface area contributed by atoms with Crippen molar-refractivity contribution >= 4 is 5.91 Å². The first-order valence-corrected chi connectivity index (χ1v) is 7.47. The third-order valence-electron chi connectivity index (χ3n) is 3.62. The highest BCUT2D eigenvalue weighted by Gasteiger charge is 2.21. The summed E-state index contributed by atoms with van der Waals surface area (Å²) in [6.45, 7) is 1.76. The fraction of sp³-hybridized carbons (Fsp3) is 0.235. The van der Waals surface area contributed by atoms with E-state index in [-0.39, 0.29) is 18.1 Å². The monoisotopic (exact) mass is 328 g/mol. The van der Waals surface area contributed by atoms with Crippen LogP contribution < -0.4 is 5.32 Å². The number of hydrogen-bond acceptors (Lipinski definition) is 4. The van der Waals surface area contributed by atoms with Gasteiger partial charge in [-0.25, -0.2) is 9.37 Å². The summed E-state index contributed by atoms with van der Waals surface area (Å²) < 4.78 is 20.3. The molecule has 3 aromatic rings. The lowest BCUT2D eigenvalue weighted by Crippen LogP contribution is -2.32. The van der Waals surface area contributed by atoms with Gasteiger partial charge in [0.1, 0.15) is 23.4 Å². The quantitative estimate of drug-likeness (QED) is 0.780. The summed E-state index contributed by atoms with van der Waals surface area (Å²) in [5.74, 6) is 0.641. The van der Waals surface area contributed by atoms with Crippen LogP contribution in [0.2, 0.25) is 0 Å². The largest absolute Gasteiger partial charge is 0.361 e. The van der Waals surface area contributed by atoms with Crippen LogP contribution in [-0.2, 0) is 18.3 Å². The Morgan fingerprint density at radius 2 is 2.25 bits per heavy atom. The predicted molar refractivity (Wildman–Crippen MR) is 84.5 cm³/mol. The van der Waals surface area contributed by atoms with Crippen LogP contribution in [0.4, 0.5) is 4.39 Å². The number of hydrogen-bond donors (Lipinski definition) is 1. The SMILES string of the molecule is Cc1cc(CC(=O)N[C@H](c2cccc(F)c2)c2nccn2C)no1. The number of nitrogens with one attached hydrogen (secondary N) is 1. The van der Waals surface area contributed by atoms with E-state index in [2.05, 4.69) is 15.5 Å². The van der Waals surface area contributed by atoms with Gasteiger partial charge in [-0.1, -0.05) is 17.3 Å². The first kappa shape index (κ1) is 15.9. The standard InChI is InChI=1S/C17H17FN4O2/c1-11-8-14(21-24-11)10-15(23)20-16(17-19-6-7-22(17)2)12-4-3-5-13(18)9-12/h3-9,16H,10H2,1-2H3,(H,20,23)/t16-/m1/s1. The van der Waals surface area contributed by atoms with Crippen molar-refractivity contribution in [3.05, 3.63) is 71.4 Å². The molecular formula is C17H17FN4O2. The molecule has 0 spiro atoms. The maximum atomic E-state index is 13.6. The maximum absolute atomic E-state index is 13.6. The minimum absolute atomic E-state index is 0.0770. The van der Waals surface area contributed by atoms with Gasteiger partial charge in [0.2, 0.25) is 5.91 Å². The number of benzene rings is 1. The predicted octanol–water partition coefficient (Wildman–Crippen LogP) is 2.30. The topological polar surface area (TPSA) is 73.0 Å². The van der Waals surface area contributed by atoms with Crippen LogP contribution in [0.5, 0.6) is 0 Å². The van der Waals surface area contributed by atoms with Crippen LogP contribution in [0.1, 0.15) is 28.9 Å². The molecule has 1 aromatic carbocycles. The Hall–Kier alpha value is -2.96. The van der Waals surface area contributed by atoms with E-state index in [1.807, 2.05) is 7.05 Å². The van der Waals surface area contributed by atoms with Crippen molar-refractivity contribution in [1.82, 2.24) is 20.0 Å². The van der Waals surface area contributed by atoms with E-state index in [4.69, 9.17) is 4.52 Å². The van der Waals surface area contributed by atoms with Crippen molar-refractivity contribution in [1.29, 1.82) is 0 Å². The first-order valence-electron chi connectivity index (χ1n) is 7.47. The second-order valence-electron chi connectivity index (χ2n) is 5.56. The highest BCUT2D eigenvalue weighted by atomic mass is 19.1. The Morgan fingerprint density at radius 3 is 2.88 bits per heavy atom. The Bertz CT molecular complexity index is 856. The van der Waals surface area contributed by atoms with Crippen LogP contribution in [0, 0.1) is 12.7 Å². The highest BCUT2D eigenvalue weighted by molar-refractivity contribution is 5.79. The molecular weight excluding hydrogens is 311 g/mol. The van der Waals surface area contributed by atoms with E-state index in [0.29, 0.717) is 22.8 Å². The Kier molecular flexibility index (Phi) is 4.41. The normalized spacial score (nSPS) is 12.1. The van der Waals surface area contributed by atoms with Crippen molar-refractivity contribution in [2.45, 2.75) is 19.4 Å². The molecule has 0 bridgehead atoms. The van der Waals surface area contributed by atoms with Gasteiger partial charge in [0.15, 0.2) is 0 Å². The molecule has 2 heterocycles. The maximum Gasteiger partial charge on any atom is 0.227 e. The number of imidazole rings is 1. The van der Waals surface area contributed by atoms with Crippen molar-refractivity contribution < 1.29 is 13.7 Å². The summed E-state index contributed by atoms with van der Waals surface area (Å²) in [4.78, 5) is 16.7. The number of aryl methyl sites for hydroxylation is 2. The molecule has 0 unspecified atom stereocenters. The van der Waals surface area contributed by atoms with Gasteiger partial charge in [0.25, 0.3) is 0 Å². The number of nitrogens with zero attached hydrogens (tertiary/aromatic N) is 3. The number of amides is 1. The van der Waals surface area contributed by atoms with Crippen molar-refractivity contribution in [2.75, 3.05) is 0 Å². The van der Waals surface area contributed by atoms with Gasteiger partial charge in [0, 0.05) is 25.5 Å². The van der Waals surface area contributed by atoms with E-state index >= 15 is 0 Å². The van der Waals surface area contributed by atoms with Gasteiger partial charge in [-0.3, -0.25) is 4.79 Å². The molecule has 0 aliphatic carbocycles. The number of rotatable bonds is 5. The highest BCUT2D eigenvalue weighted by Crippen LogP contribution is 2.21. The molecule has 1 amide bonds. The molecule has 0 radical (unpaired) electrons. The van der Waals surface area contributed by atoms with E-state index in [1.165, 1.54) is 12.1 Å². The summed E-state index contributed by atoms with van der Waals surface area (Å²) in [7, 11) is 1.82. The third kappa shape index (κ3) is 3.51. The molecule has 0 saturated heterocycles. The van der Waals surface area contributed by atoms with Crippen molar-refractivity contribution in [3.63, 3.8) is 0 Å². The van der Waals surface area contributed by atoms with Gasteiger partial charge in [-0.2, -0.15) is 0 Å². The molecule has 3 rings (SSSR count). The average Bonchev–Trinajstić information content (AvgIpc) is 3.13. The second kappa shape index (κ2) is 6.66. The minimum Gasteiger partial charge on any atom is -0.361 e. The Morgan fingerprint density at radius 1 is 1.42 bits per heavy atom. The summed E-state index contributed by atoms with van der Waals surface area (Å²) in [5.41, 5.74) is 1.16.